The topological polar surface area (TPSA) is 45.3 Å². The number of benzene rings is 2. The molecule has 2 saturated carbocycles. The van der Waals surface area contributed by atoms with E-state index in [0.717, 1.165) is 35.3 Å². The summed E-state index contributed by atoms with van der Waals surface area (Å²) in [6.45, 7) is 1.93. The molecule has 3 N–H and O–H groups in total. The maximum atomic E-state index is 6.87. The van der Waals surface area contributed by atoms with Gasteiger partial charge in [-0.2, -0.15) is 0 Å². The number of ether oxygens (including phenoxy) is 1. The van der Waals surface area contributed by atoms with Gasteiger partial charge in [0.15, 0.2) is 0 Å². The van der Waals surface area contributed by atoms with Crippen LogP contribution in [0.2, 0.25) is 10.0 Å². The summed E-state index contributed by atoms with van der Waals surface area (Å²) in [6, 6.07) is 12.5. The first-order valence-electron chi connectivity index (χ1n) is 10.9. The Morgan fingerprint density at radius 2 is 1.87 bits per heavy atom. The third-order valence-corrected chi connectivity index (χ3v) is 8.95. The fourth-order valence-corrected chi connectivity index (χ4v) is 7.61. The number of hydrogen-bond donors (Lipinski definition) is 3. The van der Waals surface area contributed by atoms with Crippen molar-refractivity contribution >= 4 is 34.6 Å². The average molecular weight is 438 g/mol. The molecule has 0 amide bonds. The van der Waals surface area contributed by atoms with Gasteiger partial charge in [-0.3, -0.25) is 0 Å². The Kier molecular flexibility index (Phi) is 2.86. The molecule has 2 spiro atoms. The second-order valence-electron chi connectivity index (χ2n) is 9.76. The predicted molar refractivity (Wildman–Crippen MR) is 118 cm³/mol. The first-order chi connectivity index (χ1) is 14.6. The summed E-state index contributed by atoms with van der Waals surface area (Å²) >= 11 is 12.8. The van der Waals surface area contributed by atoms with E-state index in [-0.39, 0.29) is 17.1 Å². The molecule has 6 heteroatoms. The summed E-state index contributed by atoms with van der Waals surface area (Å²) in [5, 5.41) is 12.8. The Balaban J connectivity index is 1.33. The van der Waals surface area contributed by atoms with Gasteiger partial charge in [-0.05, 0) is 72.8 Å². The molecule has 152 valence electrons. The van der Waals surface area contributed by atoms with Crippen molar-refractivity contribution in [3.05, 3.63) is 69.0 Å². The van der Waals surface area contributed by atoms with Crippen LogP contribution >= 0.6 is 23.2 Å². The minimum Gasteiger partial charge on any atom is -0.489 e. The number of allylic oxidation sites excluding steroid dienone is 1. The molecule has 4 nitrogen and oxygen atoms in total. The highest BCUT2D eigenvalue weighted by Gasteiger charge is 2.86. The molecule has 3 aliphatic carbocycles. The number of hydrogen-bond acceptors (Lipinski definition) is 4. The van der Waals surface area contributed by atoms with Crippen LogP contribution in [-0.4, -0.2) is 24.7 Å². The van der Waals surface area contributed by atoms with Gasteiger partial charge in [0.1, 0.15) is 17.4 Å². The number of halogens is 2. The van der Waals surface area contributed by atoms with Gasteiger partial charge in [-0.25, -0.2) is 0 Å². The van der Waals surface area contributed by atoms with E-state index in [9.17, 15) is 0 Å². The van der Waals surface area contributed by atoms with Crippen LogP contribution in [0, 0.1) is 11.8 Å². The molecule has 30 heavy (non-hydrogen) atoms. The minimum absolute atomic E-state index is 0.0439. The van der Waals surface area contributed by atoms with E-state index < -0.39 is 0 Å². The molecule has 0 aromatic heterocycles. The molecule has 6 unspecified atom stereocenters. The van der Waals surface area contributed by atoms with Gasteiger partial charge in [0.2, 0.25) is 0 Å². The number of rotatable bonds is 2. The van der Waals surface area contributed by atoms with Crippen molar-refractivity contribution in [2.45, 2.75) is 35.8 Å². The Morgan fingerprint density at radius 1 is 1.03 bits per heavy atom. The number of anilines is 2. The lowest BCUT2D eigenvalue weighted by Crippen LogP contribution is -2.37. The van der Waals surface area contributed by atoms with Gasteiger partial charge >= 0.3 is 0 Å². The van der Waals surface area contributed by atoms with Crippen molar-refractivity contribution in [1.82, 2.24) is 5.32 Å². The second-order valence-corrected chi connectivity index (χ2v) is 10.6. The summed E-state index contributed by atoms with van der Waals surface area (Å²) in [6.07, 6.45) is 2.44. The minimum atomic E-state index is -0.131. The zero-order valence-corrected chi connectivity index (χ0v) is 17.8. The summed E-state index contributed by atoms with van der Waals surface area (Å²) in [7, 11) is 0. The van der Waals surface area contributed by atoms with Gasteiger partial charge in [0, 0.05) is 45.2 Å². The van der Waals surface area contributed by atoms with Crippen LogP contribution in [0.3, 0.4) is 0 Å². The molecule has 6 aliphatic rings. The molecule has 2 aromatic rings. The van der Waals surface area contributed by atoms with Gasteiger partial charge in [0.25, 0.3) is 0 Å². The zero-order valence-electron chi connectivity index (χ0n) is 16.3. The lowest BCUT2D eigenvalue weighted by molar-refractivity contribution is 0.108. The van der Waals surface area contributed by atoms with Crippen LogP contribution in [0.5, 0.6) is 0 Å². The van der Waals surface area contributed by atoms with Crippen molar-refractivity contribution in [3.63, 3.8) is 0 Å². The Morgan fingerprint density at radius 3 is 2.70 bits per heavy atom. The molecule has 1 saturated heterocycles. The number of fused-ring (bicyclic) bond motifs is 5. The quantitative estimate of drug-likeness (QED) is 0.627. The zero-order chi connectivity index (χ0) is 19.8. The van der Waals surface area contributed by atoms with Gasteiger partial charge in [0.05, 0.1) is 5.70 Å². The van der Waals surface area contributed by atoms with E-state index in [1.165, 1.54) is 34.6 Å². The Hall–Kier alpha value is -1.88. The third kappa shape index (κ3) is 1.75. The van der Waals surface area contributed by atoms with Crippen LogP contribution in [0.4, 0.5) is 11.4 Å². The van der Waals surface area contributed by atoms with Crippen LogP contribution in [0.1, 0.15) is 29.9 Å². The van der Waals surface area contributed by atoms with Crippen molar-refractivity contribution in [1.29, 1.82) is 0 Å². The lowest BCUT2D eigenvalue weighted by Gasteiger charge is -2.32. The maximum absolute atomic E-state index is 6.87. The molecule has 0 bridgehead atoms. The largest absolute Gasteiger partial charge is 0.489 e. The maximum Gasteiger partial charge on any atom is 0.143 e. The monoisotopic (exact) mass is 437 g/mol. The van der Waals surface area contributed by atoms with E-state index in [2.05, 4.69) is 40.2 Å². The van der Waals surface area contributed by atoms with Crippen molar-refractivity contribution in [2.24, 2.45) is 11.8 Å². The molecule has 3 aliphatic heterocycles. The summed E-state index contributed by atoms with van der Waals surface area (Å²) in [4.78, 5) is 0. The molecule has 2 aromatic carbocycles. The second kappa shape index (κ2) is 5.12. The average Bonchev–Trinajstić information content (AvgIpc) is 3.40. The molecular formula is C24H21Cl2N3O. The van der Waals surface area contributed by atoms with Crippen LogP contribution in [0.15, 0.2) is 47.9 Å². The first kappa shape index (κ1) is 16.8. The molecule has 8 rings (SSSR count). The van der Waals surface area contributed by atoms with E-state index in [4.69, 9.17) is 27.9 Å². The van der Waals surface area contributed by atoms with Crippen LogP contribution < -0.4 is 16.0 Å². The standard InChI is InChI=1S/C24H21Cl2N3O/c25-11-1-3-17-14(7-11)19-20-16-9-23(16)15-8-12(26)2-4-18(15)28-21(23)22(24(19,20)29-17)30-13-5-6-27-10-13/h1-4,7-8,13,16,19-20,27-29H,5-6,9-10H2. The summed E-state index contributed by atoms with van der Waals surface area (Å²) in [5.74, 6) is 2.73. The highest BCUT2D eigenvalue weighted by Crippen LogP contribution is 2.84. The van der Waals surface area contributed by atoms with Gasteiger partial charge in [-0.1, -0.05) is 23.2 Å². The van der Waals surface area contributed by atoms with E-state index >= 15 is 0 Å². The fourth-order valence-electron chi connectivity index (χ4n) is 7.25. The number of nitrogens with one attached hydrogen (secondary N) is 3. The summed E-state index contributed by atoms with van der Waals surface area (Å²) in [5.41, 5.74) is 6.30. The van der Waals surface area contributed by atoms with Gasteiger partial charge in [-0.15, -0.1) is 0 Å². The molecular weight excluding hydrogens is 417 g/mol. The molecule has 3 heterocycles. The van der Waals surface area contributed by atoms with E-state index in [0.29, 0.717) is 17.8 Å². The van der Waals surface area contributed by atoms with Gasteiger partial charge < -0.3 is 20.7 Å². The fraction of sp³-hybridized carbons (Fsp3) is 0.417. The normalized spacial score (nSPS) is 40.3. The molecule has 0 radical (unpaired) electrons. The lowest BCUT2D eigenvalue weighted by atomic mass is 9.84. The first-order valence-corrected chi connectivity index (χ1v) is 11.7. The van der Waals surface area contributed by atoms with Crippen molar-refractivity contribution in [3.8, 4) is 0 Å². The van der Waals surface area contributed by atoms with E-state index in [1.807, 2.05) is 12.1 Å². The highest BCUT2D eigenvalue weighted by atomic mass is 35.5. The Labute approximate surface area is 185 Å². The predicted octanol–water partition coefficient (Wildman–Crippen LogP) is 4.86. The molecule has 3 fully saturated rings. The molecule has 6 atom stereocenters. The SMILES string of the molecule is Clc1ccc2c(c1)C1C3C4CC45C(=C(OC4CCNC4)C13N2)Nc1ccc(Cl)cc15. The van der Waals surface area contributed by atoms with Crippen molar-refractivity contribution < 1.29 is 4.74 Å². The smallest absolute Gasteiger partial charge is 0.143 e. The summed E-state index contributed by atoms with van der Waals surface area (Å²) < 4.78 is 6.87. The van der Waals surface area contributed by atoms with Crippen molar-refractivity contribution in [2.75, 3.05) is 23.7 Å². The highest BCUT2D eigenvalue weighted by molar-refractivity contribution is 6.31. The van der Waals surface area contributed by atoms with Crippen LogP contribution in [0.25, 0.3) is 0 Å². The Bertz CT molecular complexity index is 1190. The van der Waals surface area contributed by atoms with Crippen LogP contribution in [-0.2, 0) is 10.2 Å². The third-order valence-electron chi connectivity index (χ3n) is 8.48. The van der Waals surface area contributed by atoms with E-state index in [1.54, 1.807) is 0 Å².